The highest BCUT2D eigenvalue weighted by atomic mass is 19.1. The summed E-state index contributed by atoms with van der Waals surface area (Å²) in [6.45, 7) is 2.30. The van der Waals surface area contributed by atoms with Crippen molar-refractivity contribution in [3.8, 4) is 0 Å². The van der Waals surface area contributed by atoms with Gasteiger partial charge in [-0.1, -0.05) is 50.1 Å². The molecule has 1 aromatic carbocycles. The van der Waals surface area contributed by atoms with E-state index in [-0.39, 0.29) is 0 Å². The van der Waals surface area contributed by atoms with Crippen LogP contribution in [0.25, 0.3) is 0 Å². The summed E-state index contributed by atoms with van der Waals surface area (Å²) >= 11 is 0. The molecule has 1 aromatic heterocycles. The van der Waals surface area contributed by atoms with Crippen LogP contribution in [-0.4, -0.2) is 4.98 Å². The van der Waals surface area contributed by atoms with Gasteiger partial charge in [-0.2, -0.15) is 4.39 Å². The molecule has 0 amide bonds. The van der Waals surface area contributed by atoms with Crippen molar-refractivity contribution in [1.29, 1.82) is 0 Å². The Morgan fingerprint density at radius 3 is 2.21 bits per heavy atom. The topological polar surface area (TPSA) is 12.9 Å². The van der Waals surface area contributed by atoms with E-state index in [1.807, 2.05) is 6.07 Å². The average molecular weight is 325 g/mol. The quantitative estimate of drug-likeness (QED) is 0.586. The first-order chi connectivity index (χ1) is 11.7. The minimum atomic E-state index is -0.406. The van der Waals surface area contributed by atoms with Crippen molar-refractivity contribution in [1.82, 2.24) is 4.98 Å². The molecule has 1 aliphatic carbocycles. The minimum absolute atomic E-state index is 0.406. The number of rotatable bonds is 6. The van der Waals surface area contributed by atoms with Crippen LogP contribution in [-0.2, 0) is 12.8 Å². The Bertz CT molecular complexity index is 609. The predicted octanol–water partition coefficient (Wildman–Crippen LogP) is 6.08. The summed E-state index contributed by atoms with van der Waals surface area (Å²) in [7, 11) is 0. The summed E-state index contributed by atoms with van der Waals surface area (Å²) in [5.74, 6) is 1.32. The number of aryl methyl sites for hydroxylation is 2. The van der Waals surface area contributed by atoms with E-state index in [0.717, 1.165) is 30.2 Å². The molecule has 1 saturated carbocycles. The fourth-order valence-corrected chi connectivity index (χ4v) is 3.99. The molecule has 0 unspecified atom stereocenters. The first-order valence-corrected chi connectivity index (χ1v) is 9.44. The Morgan fingerprint density at radius 2 is 1.58 bits per heavy atom. The largest absolute Gasteiger partial charge is 0.228 e. The van der Waals surface area contributed by atoms with Crippen molar-refractivity contribution in [3.05, 3.63) is 65.2 Å². The molecule has 1 nitrogen and oxygen atoms in total. The normalized spacial score (nSPS) is 20.9. The van der Waals surface area contributed by atoms with Gasteiger partial charge in [-0.25, -0.2) is 4.98 Å². The van der Waals surface area contributed by atoms with E-state index >= 15 is 0 Å². The van der Waals surface area contributed by atoms with E-state index in [2.05, 4.69) is 36.2 Å². The van der Waals surface area contributed by atoms with Gasteiger partial charge in [-0.15, -0.1) is 0 Å². The maximum Gasteiger partial charge on any atom is 0.212 e. The molecule has 1 aliphatic rings. The third-order valence-electron chi connectivity index (χ3n) is 5.49. The number of halogens is 1. The Morgan fingerprint density at radius 1 is 0.917 bits per heavy atom. The summed E-state index contributed by atoms with van der Waals surface area (Å²) < 4.78 is 12.8. The molecule has 0 N–H and O–H groups in total. The lowest BCUT2D eigenvalue weighted by molar-refractivity contribution is 0.308. The summed E-state index contributed by atoms with van der Waals surface area (Å²) in [5.41, 5.74) is 3.95. The molecule has 128 valence electrons. The molecule has 0 atom stereocenters. The lowest BCUT2D eigenvalue weighted by atomic mass is 9.77. The van der Waals surface area contributed by atoms with Gasteiger partial charge in [-0.3, -0.25) is 0 Å². The number of nitrogens with zero attached hydrogens (tertiary/aromatic N) is 1. The van der Waals surface area contributed by atoms with Crippen LogP contribution in [0.1, 0.15) is 68.1 Å². The molecule has 0 spiro atoms. The Balaban J connectivity index is 1.51. The van der Waals surface area contributed by atoms with E-state index in [1.54, 1.807) is 6.20 Å². The number of benzene rings is 1. The van der Waals surface area contributed by atoms with Crippen LogP contribution in [0.2, 0.25) is 0 Å². The molecule has 3 rings (SSSR count). The summed E-state index contributed by atoms with van der Waals surface area (Å²) in [6.07, 6.45) is 11.8. The van der Waals surface area contributed by atoms with E-state index in [1.165, 1.54) is 55.7 Å². The molecule has 1 heterocycles. The lowest BCUT2D eigenvalue weighted by Gasteiger charge is -2.28. The van der Waals surface area contributed by atoms with Gasteiger partial charge < -0.3 is 0 Å². The number of hydrogen-bond donors (Lipinski definition) is 0. The van der Waals surface area contributed by atoms with Gasteiger partial charge >= 0.3 is 0 Å². The lowest BCUT2D eigenvalue weighted by Crippen LogP contribution is -2.13. The number of pyridine rings is 1. The van der Waals surface area contributed by atoms with E-state index < -0.39 is 5.95 Å². The second-order valence-electron chi connectivity index (χ2n) is 7.24. The molecular weight excluding hydrogens is 297 g/mol. The first-order valence-electron chi connectivity index (χ1n) is 9.44. The molecule has 2 aromatic rings. The monoisotopic (exact) mass is 325 g/mol. The van der Waals surface area contributed by atoms with Crippen LogP contribution >= 0.6 is 0 Å². The van der Waals surface area contributed by atoms with Crippen LogP contribution in [0.3, 0.4) is 0 Å². The summed E-state index contributed by atoms with van der Waals surface area (Å²) in [5, 5.41) is 0. The maximum atomic E-state index is 12.8. The zero-order valence-electron chi connectivity index (χ0n) is 14.7. The van der Waals surface area contributed by atoms with Crippen molar-refractivity contribution in [2.75, 3.05) is 0 Å². The summed E-state index contributed by atoms with van der Waals surface area (Å²) in [6, 6.07) is 12.4. The Hall–Kier alpha value is -1.70. The fraction of sp³-hybridized carbons (Fsp3) is 0.500. The van der Waals surface area contributed by atoms with Gasteiger partial charge in [0.1, 0.15) is 0 Å². The third-order valence-corrected chi connectivity index (χ3v) is 5.49. The molecule has 24 heavy (non-hydrogen) atoms. The van der Waals surface area contributed by atoms with Gasteiger partial charge in [0.25, 0.3) is 0 Å². The maximum absolute atomic E-state index is 12.8. The predicted molar refractivity (Wildman–Crippen MR) is 97.7 cm³/mol. The van der Waals surface area contributed by atoms with Gasteiger partial charge in [0.15, 0.2) is 0 Å². The number of hydrogen-bond acceptors (Lipinski definition) is 1. The zero-order chi connectivity index (χ0) is 16.8. The molecule has 0 saturated heterocycles. The molecular formula is C22H28FN. The zero-order valence-corrected chi connectivity index (χ0v) is 14.7. The van der Waals surface area contributed by atoms with Crippen molar-refractivity contribution in [2.24, 2.45) is 5.92 Å². The standard InChI is InChI=1S/C22H28FN/c1-2-3-17-6-11-20(12-7-17)21-13-8-18(9-14-21)4-5-19-10-15-22(23)24-16-19/h8-10,13-17,20H,2-7,11-12H2,1H3. The average Bonchev–Trinajstić information content (AvgIpc) is 2.63. The van der Waals surface area contributed by atoms with E-state index in [0.29, 0.717) is 0 Å². The summed E-state index contributed by atoms with van der Waals surface area (Å²) in [4.78, 5) is 3.72. The molecule has 1 fully saturated rings. The van der Waals surface area contributed by atoms with Gasteiger partial charge in [-0.05, 0) is 73.1 Å². The molecule has 0 bridgehead atoms. The van der Waals surface area contributed by atoms with Crippen molar-refractivity contribution in [2.45, 2.75) is 64.2 Å². The van der Waals surface area contributed by atoms with Crippen LogP contribution in [0.5, 0.6) is 0 Å². The smallest absolute Gasteiger partial charge is 0.212 e. The van der Waals surface area contributed by atoms with Gasteiger partial charge in [0, 0.05) is 6.20 Å². The Kier molecular flexibility index (Phi) is 6.01. The Labute approximate surface area is 145 Å². The highest BCUT2D eigenvalue weighted by Crippen LogP contribution is 2.37. The third kappa shape index (κ3) is 4.66. The van der Waals surface area contributed by atoms with E-state index in [9.17, 15) is 4.39 Å². The SMILES string of the molecule is CCCC1CCC(c2ccc(CCc3ccc(F)nc3)cc2)CC1. The number of aromatic nitrogens is 1. The fourth-order valence-electron chi connectivity index (χ4n) is 3.99. The van der Waals surface area contributed by atoms with Crippen molar-refractivity contribution < 1.29 is 4.39 Å². The molecule has 0 radical (unpaired) electrons. The van der Waals surface area contributed by atoms with Crippen LogP contribution in [0.4, 0.5) is 4.39 Å². The van der Waals surface area contributed by atoms with Crippen LogP contribution in [0.15, 0.2) is 42.6 Å². The second kappa shape index (κ2) is 8.41. The first kappa shape index (κ1) is 17.1. The minimum Gasteiger partial charge on any atom is -0.228 e. The molecule has 0 aliphatic heterocycles. The van der Waals surface area contributed by atoms with Crippen molar-refractivity contribution >= 4 is 0 Å². The highest BCUT2D eigenvalue weighted by Gasteiger charge is 2.21. The van der Waals surface area contributed by atoms with Gasteiger partial charge in [0.05, 0.1) is 0 Å². The van der Waals surface area contributed by atoms with Crippen LogP contribution < -0.4 is 0 Å². The van der Waals surface area contributed by atoms with Gasteiger partial charge in [0.2, 0.25) is 5.95 Å². The van der Waals surface area contributed by atoms with E-state index in [4.69, 9.17) is 0 Å². The molecule has 2 heteroatoms. The highest BCUT2D eigenvalue weighted by molar-refractivity contribution is 5.26. The second-order valence-corrected chi connectivity index (χ2v) is 7.24. The van der Waals surface area contributed by atoms with Crippen molar-refractivity contribution in [3.63, 3.8) is 0 Å². The van der Waals surface area contributed by atoms with Crippen LogP contribution in [0, 0.1) is 11.9 Å².